The fraction of sp³-hybridized carbons (Fsp3) is 0.174. The number of rotatable bonds is 8. The van der Waals surface area contributed by atoms with Crippen LogP contribution in [0.1, 0.15) is 21.5 Å². The van der Waals surface area contributed by atoms with Gasteiger partial charge in [-0.15, -0.1) is 11.8 Å². The van der Waals surface area contributed by atoms with Gasteiger partial charge >= 0.3 is 0 Å². The van der Waals surface area contributed by atoms with Crippen LogP contribution in [0.15, 0.2) is 89.8 Å². The first-order chi connectivity index (χ1) is 12.8. The average Bonchev–Trinajstić information content (AvgIpc) is 2.71. The van der Waals surface area contributed by atoms with Gasteiger partial charge in [0.25, 0.3) is 5.91 Å². The van der Waals surface area contributed by atoms with Gasteiger partial charge in [-0.1, -0.05) is 66.7 Å². The van der Waals surface area contributed by atoms with E-state index in [0.29, 0.717) is 6.54 Å². The molecule has 0 unspecified atom stereocenters. The third-order valence-corrected chi connectivity index (χ3v) is 5.20. The lowest BCUT2D eigenvalue weighted by molar-refractivity contribution is 0.0955. The lowest BCUT2D eigenvalue weighted by Crippen LogP contribution is -2.26. The van der Waals surface area contributed by atoms with Crippen LogP contribution >= 0.6 is 11.8 Å². The van der Waals surface area contributed by atoms with Crippen LogP contribution in [-0.2, 0) is 12.8 Å². The van der Waals surface area contributed by atoms with Crippen LogP contribution in [0.3, 0.4) is 0 Å². The minimum absolute atomic E-state index is 0.0160. The van der Waals surface area contributed by atoms with Crippen molar-refractivity contribution in [3.05, 3.63) is 102 Å². The molecule has 0 spiro atoms. The summed E-state index contributed by atoms with van der Waals surface area (Å²) in [5, 5.41) is 3.05. The summed E-state index contributed by atoms with van der Waals surface area (Å²) >= 11 is 1.75. The minimum atomic E-state index is 0.0160. The van der Waals surface area contributed by atoms with Gasteiger partial charge in [-0.3, -0.25) is 4.79 Å². The Morgan fingerprint density at radius 1 is 0.769 bits per heavy atom. The fourth-order valence-electron chi connectivity index (χ4n) is 2.83. The molecule has 0 bridgehead atoms. The first-order valence-corrected chi connectivity index (χ1v) is 9.89. The quantitative estimate of drug-likeness (QED) is 0.452. The second-order valence-electron chi connectivity index (χ2n) is 6.06. The van der Waals surface area contributed by atoms with Gasteiger partial charge in [0.15, 0.2) is 0 Å². The molecule has 2 nitrogen and oxygen atoms in total. The fourth-order valence-corrected chi connectivity index (χ4v) is 3.62. The van der Waals surface area contributed by atoms with E-state index in [4.69, 9.17) is 0 Å². The molecule has 0 saturated heterocycles. The topological polar surface area (TPSA) is 29.1 Å². The molecule has 0 aliphatic carbocycles. The zero-order valence-electron chi connectivity index (χ0n) is 14.7. The van der Waals surface area contributed by atoms with Gasteiger partial charge in [-0.05, 0) is 42.2 Å². The van der Waals surface area contributed by atoms with Crippen molar-refractivity contribution in [2.75, 3.05) is 12.3 Å². The van der Waals surface area contributed by atoms with Gasteiger partial charge in [0.1, 0.15) is 0 Å². The van der Waals surface area contributed by atoms with Crippen molar-refractivity contribution >= 4 is 17.7 Å². The van der Waals surface area contributed by atoms with Crippen molar-refractivity contribution in [1.82, 2.24) is 5.32 Å². The Balaban J connectivity index is 1.52. The zero-order chi connectivity index (χ0) is 18.0. The van der Waals surface area contributed by atoms with E-state index in [1.807, 2.05) is 42.5 Å². The minimum Gasteiger partial charge on any atom is -0.351 e. The van der Waals surface area contributed by atoms with Crippen LogP contribution in [0.2, 0.25) is 0 Å². The van der Waals surface area contributed by atoms with Crippen molar-refractivity contribution in [1.29, 1.82) is 0 Å². The highest BCUT2D eigenvalue weighted by Crippen LogP contribution is 2.16. The SMILES string of the molecule is O=C(NCCSc1ccccc1)c1ccccc1CCc1ccccc1. The van der Waals surface area contributed by atoms with E-state index < -0.39 is 0 Å². The number of benzene rings is 3. The van der Waals surface area contributed by atoms with E-state index in [0.717, 1.165) is 29.7 Å². The van der Waals surface area contributed by atoms with Crippen molar-refractivity contribution in [2.24, 2.45) is 0 Å². The molecule has 1 N–H and O–H groups in total. The molecule has 3 aromatic rings. The van der Waals surface area contributed by atoms with Gasteiger partial charge in [-0.2, -0.15) is 0 Å². The molecule has 0 fully saturated rings. The zero-order valence-corrected chi connectivity index (χ0v) is 15.5. The molecular weight excluding hydrogens is 338 g/mol. The van der Waals surface area contributed by atoms with Crippen molar-refractivity contribution in [3.8, 4) is 0 Å². The van der Waals surface area contributed by atoms with Crippen molar-refractivity contribution in [2.45, 2.75) is 17.7 Å². The molecular formula is C23H23NOS. The number of nitrogens with one attached hydrogen (secondary N) is 1. The van der Waals surface area contributed by atoms with E-state index >= 15 is 0 Å². The largest absolute Gasteiger partial charge is 0.351 e. The summed E-state index contributed by atoms with van der Waals surface area (Å²) in [7, 11) is 0. The van der Waals surface area contributed by atoms with Crippen LogP contribution in [0.4, 0.5) is 0 Å². The number of carbonyl (C=O) groups excluding carboxylic acids is 1. The highest BCUT2D eigenvalue weighted by atomic mass is 32.2. The molecule has 0 aliphatic heterocycles. The van der Waals surface area contributed by atoms with Gasteiger partial charge in [0.2, 0.25) is 0 Å². The van der Waals surface area contributed by atoms with Crippen molar-refractivity contribution < 1.29 is 4.79 Å². The second-order valence-corrected chi connectivity index (χ2v) is 7.23. The molecule has 26 heavy (non-hydrogen) atoms. The van der Waals surface area contributed by atoms with E-state index in [1.54, 1.807) is 11.8 Å². The molecule has 3 heteroatoms. The van der Waals surface area contributed by atoms with Crippen LogP contribution < -0.4 is 5.32 Å². The summed E-state index contributed by atoms with van der Waals surface area (Å²) in [6.45, 7) is 0.658. The molecule has 0 aliphatic rings. The molecule has 0 radical (unpaired) electrons. The van der Waals surface area contributed by atoms with E-state index in [9.17, 15) is 4.79 Å². The van der Waals surface area contributed by atoms with Gasteiger partial charge < -0.3 is 5.32 Å². The van der Waals surface area contributed by atoms with Crippen molar-refractivity contribution in [3.63, 3.8) is 0 Å². The molecule has 3 aromatic carbocycles. The summed E-state index contributed by atoms with van der Waals surface area (Å²) in [5.41, 5.74) is 3.18. The summed E-state index contributed by atoms with van der Waals surface area (Å²) in [5.74, 6) is 0.879. The average molecular weight is 362 g/mol. The maximum absolute atomic E-state index is 12.6. The third-order valence-electron chi connectivity index (χ3n) is 4.19. The number of thioether (sulfide) groups is 1. The predicted octanol–water partition coefficient (Wildman–Crippen LogP) is 4.99. The van der Waals surface area contributed by atoms with Crippen LogP contribution in [0.25, 0.3) is 0 Å². The van der Waals surface area contributed by atoms with Gasteiger partial charge in [0.05, 0.1) is 0 Å². The Bertz CT molecular complexity index is 818. The molecule has 3 rings (SSSR count). The van der Waals surface area contributed by atoms with E-state index in [2.05, 4.69) is 47.8 Å². The first-order valence-electron chi connectivity index (χ1n) is 8.91. The van der Waals surface area contributed by atoms with Crippen LogP contribution in [-0.4, -0.2) is 18.2 Å². The van der Waals surface area contributed by atoms with E-state index in [1.165, 1.54) is 10.5 Å². The Labute approximate surface area is 159 Å². The second kappa shape index (κ2) is 9.83. The summed E-state index contributed by atoms with van der Waals surface area (Å²) in [6.07, 6.45) is 1.81. The smallest absolute Gasteiger partial charge is 0.251 e. The maximum atomic E-state index is 12.6. The molecule has 1 amide bonds. The Morgan fingerprint density at radius 2 is 1.42 bits per heavy atom. The summed E-state index contributed by atoms with van der Waals surface area (Å²) in [6, 6.07) is 28.5. The van der Waals surface area contributed by atoms with Gasteiger partial charge in [0, 0.05) is 22.8 Å². The highest BCUT2D eigenvalue weighted by molar-refractivity contribution is 7.99. The van der Waals surface area contributed by atoms with Crippen LogP contribution in [0, 0.1) is 0 Å². The lowest BCUT2D eigenvalue weighted by Gasteiger charge is -2.10. The molecule has 0 aromatic heterocycles. The third kappa shape index (κ3) is 5.50. The standard InChI is InChI=1S/C23H23NOS/c25-23(24-17-18-26-21-12-5-2-6-13-21)22-14-8-7-11-20(22)16-15-19-9-3-1-4-10-19/h1-14H,15-18H2,(H,24,25). The number of amides is 1. The highest BCUT2D eigenvalue weighted by Gasteiger charge is 2.10. The normalized spacial score (nSPS) is 10.5. The number of hydrogen-bond acceptors (Lipinski definition) is 2. The first kappa shape index (κ1) is 18.3. The molecule has 0 saturated carbocycles. The molecule has 132 valence electrons. The summed E-state index contributed by atoms with van der Waals surface area (Å²) in [4.78, 5) is 13.8. The Kier molecular flexibility index (Phi) is 6.91. The number of aryl methyl sites for hydroxylation is 2. The lowest BCUT2D eigenvalue weighted by atomic mass is 9.99. The number of carbonyl (C=O) groups is 1. The Hall–Kier alpha value is -2.52. The van der Waals surface area contributed by atoms with Gasteiger partial charge in [-0.25, -0.2) is 0 Å². The number of hydrogen-bond donors (Lipinski definition) is 1. The van der Waals surface area contributed by atoms with Crippen LogP contribution in [0.5, 0.6) is 0 Å². The van der Waals surface area contributed by atoms with E-state index in [-0.39, 0.29) is 5.91 Å². The summed E-state index contributed by atoms with van der Waals surface area (Å²) < 4.78 is 0. The Morgan fingerprint density at radius 3 is 2.19 bits per heavy atom. The molecule has 0 atom stereocenters. The maximum Gasteiger partial charge on any atom is 0.251 e. The molecule has 0 heterocycles. The monoisotopic (exact) mass is 361 g/mol. The predicted molar refractivity (Wildman–Crippen MR) is 110 cm³/mol.